The third kappa shape index (κ3) is 3.55. The van der Waals surface area contributed by atoms with Crippen molar-refractivity contribution < 1.29 is 0 Å². The second kappa shape index (κ2) is 6.93. The molecule has 2 fully saturated rings. The molecule has 1 aromatic carbocycles. The van der Waals surface area contributed by atoms with Crippen LogP contribution in [0.15, 0.2) is 30.3 Å². The van der Waals surface area contributed by atoms with E-state index in [1.807, 2.05) is 0 Å². The first-order chi connectivity index (χ1) is 9.26. The Labute approximate surface area is 129 Å². The van der Waals surface area contributed by atoms with Crippen molar-refractivity contribution in [2.45, 2.75) is 31.6 Å². The van der Waals surface area contributed by atoms with Crippen LogP contribution >= 0.6 is 12.4 Å². The predicted molar refractivity (Wildman–Crippen MR) is 87.7 cm³/mol. The van der Waals surface area contributed by atoms with E-state index in [0.717, 1.165) is 5.92 Å². The predicted octanol–water partition coefficient (Wildman–Crippen LogP) is 3.07. The van der Waals surface area contributed by atoms with Crippen molar-refractivity contribution in [2.24, 2.45) is 5.92 Å². The molecule has 1 unspecified atom stereocenters. The SMILES string of the molecule is CC1(c2ccccc2)CCN(CC2CCNCC2)C1.Cl. The summed E-state index contributed by atoms with van der Waals surface area (Å²) < 4.78 is 0. The monoisotopic (exact) mass is 294 g/mol. The fourth-order valence-corrected chi connectivity index (χ4v) is 3.72. The molecule has 3 heteroatoms. The fourth-order valence-electron chi connectivity index (χ4n) is 3.72. The number of benzene rings is 1. The van der Waals surface area contributed by atoms with E-state index in [4.69, 9.17) is 0 Å². The number of nitrogens with one attached hydrogen (secondary N) is 1. The summed E-state index contributed by atoms with van der Waals surface area (Å²) >= 11 is 0. The van der Waals surface area contributed by atoms with Gasteiger partial charge in [0.25, 0.3) is 0 Å². The zero-order valence-electron chi connectivity index (χ0n) is 12.5. The number of halogens is 1. The Bertz CT molecular complexity index is 403. The van der Waals surface area contributed by atoms with Crippen LogP contribution in [0.4, 0.5) is 0 Å². The van der Waals surface area contributed by atoms with E-state index < -0.39 is 0 Å². The molecule has 2 aliphatic heterocycles. The second-order valence-electron chi connectivity index (χ2n) is 6.61. The topological polar surface area (TPSA) is 15.3 Å². The molecule has 0 aromatic heterocycles. The van der Waals surface area contributed by atoms with Crippen LogP contribution in [0.5, 0.6) is 0 Å². The zero-order valence-corrected chi connectivity index (χ0v) is 13.3. The largest absolute Gasteiger partial charge is 0.317 e. The van der Waals surface area contributed by atoms with Crippen LogP contribution in [0.3, 0.4) is 0 Å². The zero-order chi connectivity index (χ0) is 13.1. The first kappa shape index (κ1) is 15.8. The number of hydrogen-bond acceptors (Lipinski definition) is 2. The molecule has 2 aliphatic rings. The molecule has 3 rings (SSSR count). The van der Waals surface area contributed by atoms with Crippen LogP contribution in [-0.2, 0) is 5.41 Å². The molecule has 2 heterocycles. The molecule has 2 nitrogen and oxygen atoms in total. The lowest BCUT2D eigenvalue weighted by Gasteiger charge is -2.29. The average Bonchev–Trinajstić information content (AvgIpc) is 2.84. The van der Waals surface area contributed by atoms with E-state index in [1.165, 1.54) is 57.5 Å². The highest BCUT2D eigenvalue weighted by Gasteiger charge is 2.35. The lowest BCUT2D eigenvalue weighted by atomic mass is 9.82. The van der Waals surface area contributed by atoms with Crippen LogP contribution in [0, 0.1) is 5.92 Å². The highest BCUT2D eigenvalue weighted by Crippen LogP contribution is 2.34. The van der Waals surface area contributed by atoms with Gasteiger partial charge in [0.15, 0.2) is 0 Å². The lowest BCUT2D eigenvalue weighted by molar-refractivity contribution is 0.231. The minimum Gasteiger partial charge on any atom is -0.317 e. The van der Waals surface area contributed by atoms with Crippen molar-refractivity contribution in [3.8, 4) is 0 Å². The van der Waals surface area contributed by atoms with Crippen LogP contribution in [0.2, 0.25) is 0 Å². The van der Waals surface area contributed by atoms with Gasteiger partial charge in [0.05, 0.1) is 0 Å². The molecular weight excluding hydrogens is 268 g/mol. The molecule has 112 valence electrons. The van der Waals surface area contributed by atoms with Gasteiger partial charge in [-0.15, -0.1) is 12.4 Å². The molecule has 0 bridgehead atoms. The van der Waals surface area contributed by atoms with Gasteiger partial charge in [-0.3, -0.25) is 0 Å². The molecule has 0 aliphatic carbocycles. The van der Waals surface area contributed by atoms with Gasteiger partial charge in [0, 0.05) is 18.5 Å². The highest BCUT2D eigenvalue weighted by molar-refractivity contribution is 5.85. The van der Waals surface area contributed by atoms with Crippen LogP contribution in [0.25, 0.3) is 0 Å². The van der Waals surface area contributed by atoms with Crippen molar-refractivity contribution in [2.75, 3.05) is 32.7 Å². The molecule has 0 radical (unpaired) electrons. The van der Waals surface area contributed by atoms with E-state index in [1.54, 1.807) is 0 Å². The number of piperidine rings is 1. The van der Waals surface area contributed by atoms with Crippen LogP contribution < -0.4 is 5.32 Å². The van der Waals surface area contributed by atoms with Gasteiger partial charge in [-0.2, -0.15) is 0 Å². The summed E-state index contributed by atoms with van der Waals surface area (Å²) in [7, 11) is 0. The maximum absolute atomic E-state index is 3.46. The fraction of sp³-hybridized carbons (Fsp3) is 0.647. The average molecular weight is 295 g/mol. The summed E-state index contributed by atoms with van der Waals surface area (Å²) in [5.74, 6) is 0.916. The summed E-state index contributed by atoms with van der Waals surface area (Å²) in [6, 6.07) is 11.1. The molecule has 20 heavy (non-hydrogen) atoms. The third-order valence-electron chi connectivity index (χ3n) is 5.00. The Balaban J connectivity index is 0.00000147. The van der Waals surface area contributed by atoms with Crippen LogP contribution in [-0.4, -0.2) is 37.6 Å². The smallest absolute Gasteiger partial charge is 0.00766 e. The Morgan fingerprint density at radius 1 is 1.20 bits per heavy atom. The molecule has 0 amide bonds. The van der Waals surface area contributed by atoms with Crippen LogP contribution in [0.1, 0.15) is 31.7 Å². The van der Waals surface area contributed by atoms with Crippen molar-refractivity contribution >= 4 is 12.4 Å². The van der Waals surface area contributed by atoms with Gasteiger partial charge in [-0.1, -0.05) is 37.3 Å². The van der Waals surface area contributed by atoms with Gasteiger partial charge >= 0.3 is 0 Å². The summed E-state index contributed by atoms with van der Waals surface area (Å²) in [6.07, 6.45) is 4.03. The van der Waals surface area contributed by atoms with E-state index in [9.17, 15) is 0 Å². The molecule has 1 aromatic rings. The molecule has 2 saturated heterocycles. The van der Waals surface area contributed by atoms with Crippen molar-refractivity contribution in [1.29, 1.82) is 0 Å². The molecule has 1 atom stereocenters. The van der Waals surface area contributed by atoms with Crippen molar-refractivity contribution in [3.05, 3.63) is 35.9 Å². The van der Waals surface area contributed by atoms with Gasteiger partial charge < -0.3 is 10.2 Å². The Morgan fingerprint density at radius 2 is 1.90 bits per heavy atom. The van der Waals surface area contributed by atoms with E-state index in [-0.39, 0.29) is 12.4 Å². The Hall–Kier alpha value is -0.570. The number of hydrogen-bond donors (Lipinski definition) is 1. The maximum atomic E-state index is 3.46. The minimum absolute atomic E-state index is 0. The second-order valence-corrected chi connectivity index (χ2v) is 6.61. The van der Waals surface area contributed by atoms with E-state index in [0.29, 0.717) is 5.41 Å². The highest BCUT2D eigenvalue weighted by atomic mass is 35.5. The number of nitrogens with zero attached hydrogens (tertiary/aromatic N) is 1. The number of likely N-dealkylation sites (tertiary alicyclic amines) is 1. The quantitative estimate of drug-likeness (QED) is 0.922. The first-order valence-corrected chi connectivity index (χ1v) is 7.75. The minimum atomic E-state index is 0. The molecule has 0 saturated carbocycles. The number of rotatable bonds is 3. The summed E-state index contributed by atoms with van der Waals surface area (Å²) in [6.45, 7) is 8.69. The van der Waals surface area contributed by atoms with Gasteiger partial charge in [-0.05, 0) is 50.4 Å². The van der Waals surface area contributed by atoms with E-state index in [2.05, 4.69) is 47.5 Å². The van der Waals surface area contributed by atoms with E-state index >= 15 is 0 Å². The molecule has 1 N–H and O–H groups in total. The summed E-state index contributed by atoms with van der Waals surface area (Å²) in [5, 5.41) is 3.46. The normalized spacial score (nSPS) is 28.2. The van der Waals surface area contributed by atoms with Gasteiger partial charge in [0.2, 0.25) is 0 Å². The summed E-state index contributed by atoms with van der Waals surface area (Å²) in [5.41, 5.74) is 1.89. The van der Waals surface area contributed by atoms with Gasteiger partial charge in [0.1, 0.15) is 0 Å². The van der Waals surface area contributed by atoms with Crippen molar-refractivity contribution in [1.82, 2.24) is 10.2 Å². The third-order valence-corrected chi connectivity index (χ3v) is 5.00. The van der Waals surface area contributed by atoms with Crippen molar-refractivity contribution in [3.63, 3.8) is 0 Å². The summed E-state index contributed by atoms with van der Waals surface area (Å²) in [4.78, 5) is 2.70. The standard InChI is InChI=1S/C17H26N2.ClH/c1-17(16-5-3-2-4-6-16)9-12-19(14-17)13-15-7-10-18-11-8-15;/h2-6,15,18H,7-14H2,1H3;1H. The molecule has 0 spiro atoms. The Morgan fingerprint density at radius 3 is 2.60 bits per heavy atom. The maximum Gasteiger partial charge on any atom is 0.00766 e. The first-order valence-electron chi connectivity index (χ1n) is 7.75. The lowest BCUT2D eigenvalue weighted by Crippen LogP contribution is -2.36. The molecular formula is C17H27ClN2. The Kier molecular flexibility index (Phi) is 5.48. The van der Waals surface area contributed by atoms with Gasteiger partial charge in [-0.25, -0.2) is 0 Å².